The third kappa shape index (κ3) is 3.50. The SMILES string of the molecule is CNC1(CO)CCCC1CCN1CCC(C)(C)CC1. The predicted molar refractivity (Wildman–Crippen MR) is 80.3 cm³/mol. The smallest absolute Gasteiger partial charge is 0.0615 e. The lowest BCUT2D eigenvalue weighted by molar-refractivity contribution is 0.0979. The second-order valence-corrected chi connectivity index (χ2v) is 7.45. The van der Waals surface area contributed by atoms with Crippen molar-refractivity contribution in [3.63, 3.8) is 0 Å². The van der Waals surface area contributed by atoms with Crippen LogP contribution in [-0.2, 0) is 0 Å². The highest BCUT2D eigenvalue weighted by Crippen LogP contribution is 2.38. The Bertz CT molecular complexity index is 276. The fourth-order valence-electron chi connectivity index (χ4n) is 3.90. The van der Waals surface area contributed by atoms with Gasteiger partial charge in [-0.15, -0.1) is 0 Å². The molecule has 0 radical (unpaired) electrons. The number of hydrogen-bond acceptors (Lipinski definition) is 3. The van der Waals surface area contributed by atoms with Crippen LogP contribution in [0.25, 0.3) is 0 Å². The summed E-state index contributed by atoms with van der Waals surface area (Å²) in [6.07, 6.45) is 7.57. The summed E-state index contributed by atoms with van der Waals surface area (Å²) in [7, 11) is 2.01. The molecule has 3 heteroatoms. The van der Waals surface area contributed by atoms with Gasteiger partial charge in [0, 0.05) is 5.54 Å². The number of aliphatic hydroxyl groups excluding tert-OH is 1. The molecule has 1 saturated carbocycles. The van der Waals surface area contributed by atoms with E-state index in [9.17, 15) is 5.11 Å². The molecule has 1 saturated heterocycles. The lowest BCUT2D eigenvalue weighted by atomic mass is 9.82. The monoisotopic (exact) mass is 268 g/mol. The molecule has 2 N–H and O–H groups in total. The van der Waals surface area contributed by atoms with E-state index in [1.54, 1.807) is 0 Å². The van der Waals surface area contributed by atoms with E-state index in [1.807, 2.05) is 7.05 Å². The zero-order valence-electron chi connectivity index (χ0n) is 13.0. The lowest BCUT2D eigenvalue weighted by Crippen LogP contribution is -2.50. The average Bonchev–Trinajstić information content (AvgIpc) is 2.81. The van der Waals surface area contributed by atoms with Crippen LogP contribution in [0, 0.1) is 11.3 Å². The number of likely N-dealkylation sites (N-methyl/N-ethyl adjacent to an activating group) is 1. The zero-order chi connectivity index (χ0) is 13.9. The van der Waals surface area contributed by atoms with Gasteiger partial charge >= 0.3 is 0 Å². The zero-order valence-corrected chi connectivity index (χ0v) is 13.0. The van der Waals surface area contributed by atoms with E-state index in [2.05, 4.69) is 24.1 Å². The minimum absolute atomic E-state index is 0.00899. The fourth-order valence-corrected chi connectivity index (χ4v) is 3.90. The number of likely N-dealkylation sites (tertiary alicyclic amines) is 1. The van der Waals surface area contributed by atoms with E-state index < -0.39 is 0 Å². The maximum Gasteiger partial charge on any atom is 0.0615 e. The Hall–Kier alpha value is -0.120. The lowest BCUT2D eigenvalue weighted by Gasteiger charge is -2.39. The van der Waals surface area contributed by atoms with Gasteiger partial charge in [-0.05, 0) is 70.1 Å². The van der Waals surface area contributed by atoms with Gasteiger partial charge in [-0.25, -0.2) is 0 Å². The minimum atomic E-state index is 0.00899. The third-order valence-corrected chi connectivity index (χ3v) is 5.74. The first-order valence-electron chi connectivity index (χ1n) is 8.03. The Morgan fingerprint density at radius 1 is 1.21 bits per heavy atom. The van der Waals surface area contributed by atoms with Crippen LogP contribution in [0.5, 0.6) is 0 Å². The van der Waals surface area contributed by atoms with Crippen LogP contribution in [0.3, 0.4) is 0 Å². The van der Waals surface area contributed by atoms with Crippen molar-refractivity contribution in [3.8, 4) is 0 Å². The first-order valence-corrected chi connectivity index (χ1v) is 8.03. The van der Waals surface area contributed by atoms with E-state index in [0.717, 1.165) is 6.42 Å². The van der Waals surface area contributed by atoms with Crippen LogP contribution in [0.1, 0.15) is 52.4 Å². The Balaban J connectivity index is 1.79. The van der Waals surface area contributed by atoms with E-state index >= 15 is 0 Å². The van der Waals surface area contributed by atoms with E-state index in [4.69, 9.17) is 0 Å². The molecule has 2 unspecified atom stereocenters. The molecule has 0 aromatic rings. The number of nitrogens with one attached hydrogen (secondary N) is 1. The van der Waals surface area contributed by atoms with E-state index in [-0.39, 0.29) is 5.54 Å². The number of nitrogens with zero attached hydrogens (tertiary/aromatic N) is 1. The van der Waals surface area contributed by atoms with Crippen molar-refractivity contribution in [2.45, 2.75) is 57.9 Å². The molecule has 0 bridgehead atoms. The summed E-state index contributed by atoms with van der Waals surface area (Å²) in [5, 5.41) is 13.1. The van der Waals surface area contributed by atoms with Crippen LogP contribution < -0.4 is 5.32 Å². The van der Waals surface area contributed by atoms with Crippen LogP contribution in [0.4, 0.5) is 0 Å². The maximum absolute atomic E-state index is 9.72. The summed E-state index contributed by atoms with van der Waals surface area (Å²) < 4.78 is 0. The van der Waals surface area contributed by atoms with Gasteiger partial charge in [-0.3, -0.25) is 0 Å². The third-order valence-electron chi connectivity index (χ3n) is 5.74. The van der Waals surface area contributed by atoms with Gasteiger partial charge in [0.15, 0.2) is 0 Å². The summed E-state index contributed by atoms with van der Waals surface area (Å²) in [6.45, 7) is 8.79. The molecule has 1 aliphatic carbocycles. The molecular weight excluding hydrogens is 236 g/mol. The molecule has 3 nitrogen and oxygen atoms in total. The molecular formula is C16H32N2O. The van der Waals surface area contributed by atoms with Gasteiger partial charge in [0.25, 0.3) is 0 Å². The summed E-state index contributed by atoms with van der Waals surface area (Å²) in [5.41, 5.74) is 0.554. The quantitative estimate of drug-likeness (QED) is 0.803. The van der Waals surface area contributed by atoms with E-state index in [0.29, 0.717) is 17.9 Å². The van der Waals surface area contributed by atoms with Gasteiger partial charge < -0.3 is 15.3 Å². The Labute approximate surface area is 118 Å². The highest BCUT2D eigenvalue weighted by molar-refractivity contribution is 4.98. The van der Waals surface area contributed by atoms with Crippen LogP contribution in [0.2, 0.25) is 0 Å². The molecule has 112 valence electrons. The molecule has 2 fully saturated rings. The van der Waals surface area contributed by atoms with Crippen molar-refractivity contribution in [2.24, 2.45) is 11.3 Å². The molecule has 2 aliphatic rings. The summed E-state index contributed by atoms with van der Waals surface area (Å²) >= 11 is 0. The highest BCUT2D eigenvalue weighted by atomic mass is 16.3. The Morgan fingerprint density at radius 3 is 2.47 bits per heavy atom. The summed E-state index contributed by atoms with van der Waals surface area (Å²) in [5.74, 6) is 0.650. The topological polar surface area (TPSA) is 35.5 Å². The summed E-state index contributed by atoms with van der Waals surface area (Å²) in [6, 6.07) is 0. The summed E-state index contributed by atoms with van der Waals surface area (Å²) in [4.78, 5) is 2.63. The van der Waals surface area contributed by atoms with Gasteiger partial charge in [0.2, 0.25) is 0 Å². The Kier molecular flexibility index (Phi) is 4.91. The normalized spacial score (nSPS) is 35.7. The van der Waals surface area contributed by atoms with Gasteiger partial charge in [-0.1, -0.05) is 20.3 Å². The van der Waals surface area contributed by atoms with Gasteiger partial charge in [0.05, 0.1) is 6.61 Å². The first kappa shape index (κ1) is 15.3. The van der Waals surface area contributed by atoms with E-state index in [1.165, 1.54) is 51.7 Å². The minimum Gasteiger partial charge on any atom is -0.394 e. The van der Waals surface area contributed by atoms with Crippen molar-refractivity contribution in [1.82, 2.24) is 10.2 Å². The van der Waals surface area contributed by atoms with Crippen LogP contribution in [-0.4, -0.2) is 48.8 Å². The molecule has 0 spiro atoms. The number of rotatable bonds is 5. The number of aliphatic hydroxyl groups is 1. The molecule has 2 rings (SSSR count). The van der Waals surface area contributed by atoms with Crippen LogP contribution >= 0.6 is 0 Å². The second kappa shape index (κ2) is 6.11. The first-order chi connectivity index (χ1) is 9.01. The Morgan fingerprint density at radius 2 is 1.89 bits per heavy atom. The molecule has 1 aliphatic heterocycles. The second-order valence-electron chi connectivity index (χ2n) is 7.45. The van der Waals surface area contributed by atoms with Crippen molar-refractivity contribution in [2.75, 3.05) is 33.3 Å². The maximum atomic E-state index is 9.72. The fraction of sp³-hybridized carbons (Fsp3) is 1.00. The van der Waals surface area contributed by atoms with Crippen LogP contribution in [0.15, 0.2) is 0 Å². The average molecular weight is 268 g/mol. The molecule has 2 atom stereocenters. The molecule has 0 amide bonds. The number of hydrogen-bond donors (Lipinski definition) is 2. The predicted octanol–water partition coefficient (Wildman–Crippen LogP) is 2.25. The molecule has 0 aromatic carbocycles. The van der Waals surface area contributed by atoms with Gasteiger partial charge in [0.1, 0.15) is 0 Å². The molecule has 1 heterocycles. The number of piperidine rings is 1. The van der Waals surface area contributed by atoms with Crippen molar-refractivity contribution in [3.05, 3.63) is 0 Å². The molecule has 19 heavy (non-hydrogen) atoms. The van der Waals surface area contributed by atoms with Crippen molar-refractivity contribution in [1.29, 1.82) is 0 Å². The molecule has 0 aromatic heterocycles. The largest absolute Gasteiger partial charge is 0.394 e. The highest BCUT2D eigenvalue weighted by Gasteiger charge is 2.40. The van der Waals surface area contributed by atoms with Crippen molar-refractivity contribution >= 4 is 0 Å². The van der Waals surface area contributed by atoms with Gasteiger partial charge in [-0.2, -0.15) is 0 Å². The standard InChI is InChI=1S/C16H32N2O/c1-15(2)8-11-18(12-9-15)10-6-14-5-4-7-16(14,13-19)17-3/h14,17,19H,4-13H2,1-3H3. The van der Waals surface area contributed by atoms with Crippen molar-refractivity contribution < 1.29 is 5.11 Å².